The molecule has 1 unspecified atom stereocenters. The van der Waals surface area contributed by atoms with E-state index in [1.807, 2.05) is 0 Å². The van der Waals surface area contributed by atoms with Crippen molar-refractivity contribution in [2.45, 2.75) is 66.2 Å². The highest BCUT2D eigenvalue weighted by Gasteiger charge is 2.35. The van der Waals surface area contributed by atoms with Gasteiger partial charge >= 0.3 is 0 Å². The van der Waals surface area contributed by atoms with Gasteiger partial charge in [-0.3, -0.25) is 0 Å². The molecular weight excluding hydrogens is 264 g/mol. The fourth-order valence-corrected chi connectivity index (χ4v) is 4.44. The van der Waals surface area contributed by atoms with Gasteiger partial charge in [0.2, 0.25) is 0 Å². The van der Waals surface area contributed by atoms with E-state index in [1.165, 1.54) is 46.2 Å². The van der Waals surface area contributed by atoms with Crippen LogP contribution in [0.2, 0.25) is 0 Å². The summed E-state index contributed by atoms with van der Waals surface area (Å²) in [6, 6.07) is 0. The molecule has 2 aliphatic rings. The van der Waals surface area contributed by atoms with Crippen LogP contribution in [-0.4, -0.2) is 0 Å². The molecule has 0 spiro atoms. The maximum Gasteiger partial charge on any atom is 0.000513 e. The number of hydrogen-bond acceptors (Lipinski definition) is 0. The second-order valence-corrected chi connectivity index (χ2v) is 7.50. The zero-order valence-corrected chi connectivity index (χ0v) is 14.9. The van der Waals surface area contributed by atoms with Crippen LogP contribution in [-0.2, 0) is 5.41 Å². The predicted molar refractivity (Wildman–Crippen MR) is 96.6 cm³/mol. The van der Waals surface area contributed by atoms with Crippen LogP contribution in [0.15, 0.2) is 35.5 Å². The largest absolute Gasteiger partial charge is 0.0801 e. The van der Waals surface area contributed by atoms with Crippen LogP contribution in [0, 0.1) is 34.6 Å². The molecule has 1 atom stereocenters. The molecule has 2 aliphatic carbocycles. The maximum atomic E-state index is 2.49. The molecule has 0 nitrogen and oxygen atoms in total. The van der Waals surface area contributed by atoms with Crippen molar-refractivity contribution in [2.24, 2.45) is 0 Å². The quantitative estimate of drug-likeness (QED) is 0.618. The summed E-state index contributed by atoms with van der Waals surface area (Å²) in [5.41, 5.74) is 12.4. The molecule has 0 amide bonds. The number of rotatable bonds is 2. The van der Waals surface area contributed by atoms with Gasteiger partial charge in [-0.05, 0) is 98.4 Å². The van der Waals surface area contributed by atoms with Gasteiger partial charge in [0, 0.05) is 5.41 Å². The molecule has 1 aromatic rings. The maximum absolute atomic E-state index is 2.49. The van der Waals surface area contributed by atoms with Crippen molar-refractivity contribution < 1.29 is 0 Å². The molecule has 3 rings (SSSR count). The topological polar surface area (TPSA) is 0 Å². The van der Waals surface area contributed by atoms with Gasteiger partial charge in [0.05, 0.1) is 0 Å². The minimum atomic E-state index is 0.260. The molecule has 0 saturated heterocycles. The minimum Gasteiger partial charge on any atom is -0.0801 e. The Bertz CT molecular complexity index is 696. The minimum absolute atomic E-state index is 0.260. The first-order chi connectivity index (χ1) is 10.3. The van der Waals surface area contributed by atoms with Gasteiger partial charge in [-0.25, -0.2) is 0 Å². The molecule has 0 heteroatoms. The van der Waals surface area contributed by atoms with Crippen molar-refractivity contribution in [2.75, 3.05) is 0 Å². The van der Waals surface area contributed by atoms with Crippen LogP contribution < -0.4 is 0 Å². The Hall–Kier alpha value is -1.56. The van der Waals surface area contributed by atoms with Crippen molar-refractivity contribution in [1.82, 2.24) is 0 Å². The summed E-state index contributed by atoms with van der Waals surface area (Å²) in [5.74, 6) is 0. The van der Waals surface area contributed by atoms with E-state index >= 15 is 0 Å². The number of allylic oxidation sites excluding steroid dienone is 6. The summed E-state index contributed by atoms with van der Waals surface area (Å²) in [7, 11) is 0. The summed E-state index contributed by atoms with van der Waals surface area (Å²) in [6.45, 7) is 14.0. The van der Waals surface area contributed by atoms with E-state index in [2.05, 4.69) is 65.8 Å². The third-order valence-corrected chi connectivity index (χ3v) is 6.17. The summed E-state index contributed by atoms with van der Waals surface area (Å²) in [5, 5.41) is 0. The standard InChI is InChI=1S/C22H28/c1-14-15(2)17(4)21(18(5)16(14)3)22(6)12-11-20(13-22)19-9-7-8-10-19/h7-9,11H,10,12-13H2,1-6H3. The predicted octanol–water partition coefficient (Wildman–Crippen LogP) is 6.09. The molecule has 0 bridgehead atoms. The van der Waals surface area contributed by atoms with Crippen molar-refractivity contribution >= 4 is 0 Å². The fraction of sp³-hybridized carbons (Fsp3) is 0.455. The number of hydrogen-bond donors (Lipinski definition) is 0. The lowest BCUT2D eigenvalue weighted by Gasteiger charge is -2.32. The van der Waals surface area contributed by atoms with E-state index in [9.17, 15) is 0 Å². The summed E-state index contributed by atoms with van der Waals surface area (Å²) in [4.78, 5) is 0. The molecule has 0 aliphatic heterocycles. The highest BCUT2D eigenvalue weighted by molar-refractivity contribution is 5.55. The third-order valence-electron chi connectivity index (χ3n) is 6.17. The zero-order valence-electron chi connectivity index (χ0n) is 14.9. The zero-order chi connectivity index (χ0) is 16.1. The van der Waals surface area contributed by atoms with Gasteiger partial charge in [-0.1, -0.05) is 31.2 Å². The Labute approximate surface area is 135 Å². The summed E-state index contributed by atoms with van der Waals surface area (Å²) < 4.78 is 0. The van der Waals surface area contributed by atoms with Gasteiger partial charge in [0.25, 0.3) is 0 Å². The fourth-order valence-electron chi connectivity index (χ4n) is 4.44. The molecule has 0 heterocycles. The Morgan fingerprint density at radius 1 is 0.818 bits per heavy atom. The first-order valence-electron chi connectivity index (χ1n) is 8.47. The molecule has 0 aromatic heterocycles. The molecule has 0 N–H and O–H groups in total. The van der Waals surface area contributed by atoms with Crippen LogP contribution >= 0.6 is 0 Å². The Kier molecular flexibility index (Phi) is 3.67. The molecule has 0 saturated carbocycles. The second kappa shape index (κ2) is 5.26. The monoisotopic (exact) mass is 292 g/mol. The first kappa shape index (κ1) is 15.3. The van der Waals surface area contributed by atoms with Gasteiger partial charge in [-0.2, -0.15) is 0 Å². The van der Waals surface area contributed by atoms with Crippen molar-refractivity contribution in [1.29, 1.82) is 0 Å². The summed E-state index contributed by atoms with van der Waals surface area (Å²) in [6.07, 6.45) is 12.7. The van der Waals surface area contributed by atoms with Gasteiger partial charge < -0.3 is 0 Å². The average Bonchev–Trinajstić information content (AvgIpc) is 3.13. The SMILES string of the molecule is Cc1c(C)c(C)c(C2(C)CC=C(C3=CC=CC3)C2)c(C)c1C. The van der Waals surface area contributed by atoms with Crippen LogP contribution in [0.1, 0.15) is 59.6 Å². The van der Waals surface area contributed by atoms with Gasteiger partial charge in [0.1, 0.15) is 0 Å². The molecular formula is C22H28. The highest BCUT2D eigenvalue weighted by atomic mass is 14.4. The Balaban J connectivity index is 2.02. The number of benzene rings is 1. The van der Waals surface area contributed by atoms with E-state index in [4.69, 9.17) is 0 Å². The Morgan fingerprint density at radius 3 is 1.95 bits per heavy atom. The van der Waals surface area contributed by atoms with Gasteiger partial charge in [-0.15, -0.1) is 0 Å². The molecule has 116 valence electrons. The molecule has 22 heavy (non-hydrogen) atoms. The molecule has 0 radical (unpaired) electrons. The van der Waals surface area contributed by atoms with Crippen molar-refractivity contribution in [3.63, 3.8) is 0 Å². The van der Waals surface area contributed by atoms with E-state index in [-0.39, 0.29) is 5.41 Å². The average molecular weight is 292 g/mol. The molecule has 0 fully saturated rings. The normalized spacial score (nSPS) is 23.9. The van der Waals surface area contributed by atoms with Crippen LogP contribution in [0.5, 0.6) is 0 Å². The smallest absolute Gasteiger partial charge is 0.000513 e. The second-order valence-electron chi connectivity index (χ2n) is 7.50. The van der Waals surface area contributed by atoms with E-state index < -0.39 is 0 Å². The Morgan fingerprint density at radius 2 is 1.41 bits per heavy atom. The van der Waals surface area contributed by atoms with Crippen LogP contribution in [0.25, 0.3) is 0 Å². The summed E-state index contributed by atoms with van der Waals surface area (Å²) >= 11 is 0. The van der Waals surface area contributed by atoms with Crippen LogP contribution in [0.4, 0.5) is 0 Å². The lowest BCUT2D eigenvalue weighted by Crippen LogP contribution is -2.23. The van der Waals surface area contributed by atoms with Crippen LogP contribution in [0.3, 0.4) is 0 Å². The first-order valence-corrected chi connectivity index (χ1v) is 8.47. The third kappa shape index (κ3) is 2.20. The van der Waals surface area contributed by atoms with Crippen molar-refractivity contribution in [3.8, 4) is 0 Å². The highest BCUT2D eigenvalue weighted by Crippen LogP contribution is 2.47. The molecule has 1 aromatic carbocycles. The van der Waals surface area contributed by atoms with E-state index in [0.717, 1.165) is 6.42 Å². The van der Waals surface area contributed by atoms with Gasteiger partial charge in [0.15, 0.2) is 0 Å². The lowest BCUT2D eigenvalue weighted by atomic mass is 9.72. The van der Waals surface area contributed by atoms with E-state index in [0.29, 0.717) is 0 Å². The lowest BCUT2D eigenvalue weighted by molar-refractivity contribution is 0.498. The van der Waals surface area contributed by atoms with Crippen molar-refractivity contribution in [3.05, 3.63) is 68.8 Å². The van der Waals surface area contributed by atoms with E-state index in [1.54, 1.807) is 11.1 Å².